The van der Waals surface area contributed by atoms with Gasteiger partial charge in [-0.3, -0.25) is 37.3 Å². The Bertz CT molecular complexity index is 1680. The molecule has 498 valence electrons. The molecule has 6 atom stereocenters. The van der Waals surface area contributed by atoms with E-state index in [2.05, 4.69) is 55.4 Å². The van der Waals surface area contributed by atoms with Crippen molar-refractivity contribution in [1.82, 2.24) is 0 Å². The average molecular weight is 1240 g/mol. The number of phosphoric ester groups is 2. The first-order valence-corrected chi connectivity index (χ1v) is 36.7. The van der Waals surface area contributed by atoms with Gasteiger partial charge in [0.05, 0.1) is 26.4 Å². The van der Waals surface area contributed by atoms with Crippen LogP contribution in [0, 0.1) is 23.7 Å². The van der Waals surface area contributed by atoms with E-state index < -0.39 is 97.5 Å². The van der Waals surface area contributed by atoms with E-state index in [0.29, 0.717) is 31.6 Å². The van der Waals surface area contributed by atoms with Crippen LogP contribution in [0.4, 0.5) is 0 Å². The lowest BCUT2D eigenvalue weighted by atomic mass is 10.00. The molecule has 0 aromatic heterocycles. The highest BCUT2D eigenvalue weighted by Crippen LogP contribution is 2.45. The molecule has 0 bridgehead atoms. The van der Waals surface area contributed by atoms with Gasteiger partial charge in [-0.25, -0.2) is 9.13 Å². The number of hydrogen-bond acceptors (Lipinski definition) is 15. The Balaban J connectivity index is 5.22. The molecule has 0 saturated carbocycles. The largest absolute Gasteiger partial charge is 0.472 e. The Morgan fingerprint density at radius 1 is 0.333 bits per heavy atom. The number of phosphoric acid groups is 2. The Hall–Kier alpha value is -1.94. The van der Waals surface area contributed by atoms with Gasteiger partial charge in [-0.15, -0.1) is 0 Å². The van der Waals surface area contributed by atoms with Gasteiger partial charge in [0.1, 0.15) is 19.3 Å². The highest BCUT2D eigenvalue weighted by Gasteiger charge is 2.30. The van der Waals surface area contributed by atoms with E-state index in [4.69, 9.17) is 37.0 Å². The van der Waals surface area contributed by atoms with Crippen molar-refractivity contribution < 1.29 is 80.2 Å². The molecule has 0 aromatic carbocycles. The molecule has 84 heavy (non-hydrogen) atoms. The van der Waals surface area contributed by atoms with Crippen molar-refractivity contribution in [3.05, 3.63) is 0 Å². The third-order valence-electron chi connectivity index (χ3n) is 15.2. The maximum atomic E-state index is 13.0. The fraction of sp³-hybridized carbons (Fsp3) is 0.938. The molecule has 0 amide bonds. The second kappa shape index (κ2) is 55.2. The zero-order valence-corrected chi connectivity index (χ0v) is 56.3. The van der Waals surface area contributed by atoms with Crippen LogP contribution in [0.2, 0.25) is 0 Å². The summed E-state index contributed by atoms with van der Waals surface area (Å²) in [6, 6.07) is 0. The summed E-state index contributed by atoms with van der Waals surface area (Å²) in [5, 5.41) is 10.5. The van der Waals surface area contributed by atoms with Crippen LogP contribution in [0.5, 0.6) is 0 Å². The van der Waals surface area contributed by atoms with Crippen LogP contribution in [0.25, 0.3) is 0 Å². The van der Waals surface area contributed by atoms with Crippen LogP contribution in [0.3, 0.4) is 0 Å². The summed E-state index contributed by atoms with van der Waals surface area (Å²) in [6.45, 7) is 13.9. The second-order valence-electron chi connectivity index (χ2n) is 25.2. The van der Waals surface area contributed by atoms with Gasteiger partial charge in [-0.1, -0.05) is 261 Å². The Morgan fingerprint density at radius 3 is 0.845 bits per heavy atom. The minimum absolute atomic E-state index is 0.101. The van der Waals surface area contributed by atoms with E-state index in [1.54, 1.807) is 0 Å². The van der Waals surface area contributed by atoms with Crippen LogP contribution < -0.4 is 0 Å². The maximum Gasteiger partial charge on any atom is 0.472 e. The molecule has 0 radical (unpaired) electrons. The zero-order valence-electron chi connectivity index (χ0n) is 54.5. The number of aliphatic hydroxyl groups is 1. The van der Waals surface area contributed by atoms with E-state index in [1.807, 2.05) is 0 Å². The van der Waals surface area contributed by atoms with Gasteiger partial charge >= 0.3 is 39.5 Å². The highest BCUT2D eigenvalue weighted by molar-refractivity contribution is 7.47. The molecular formula is C65H126O17P2. The van der Waals surface area contributed by atoms with Gasteiger partial charge in [-0.05, 0) is 49.4 Å². The summed E-state index contributed by atoms with van der Waals surface area (Å²) in [5.41, 5.74) is 0. The minimum Gasteiger partial charge on any atom is -0.462 e. The number of hydrogen-bond donors (Lipinski definition) is 3. The summed E-state index contributed by atoms with van der Waals surface area (Å²) in [7, 11) is -9.89. The monoisotopic (exact) mass is 1240 g/mol. The average Bonchev–Trinajstić information content (AvgIpc) is 3.59. The Labute approximate surface area is 511 Å². The van der Waals surface area contributed by atoms with E-state index in [0.717, 1.165) is 108 Å². The summed E-state index contributed by atoms with van der Waals surface area (Å²) in [5.74, 6) is 0.744. The quantitative estimate of drug-likeness (QED) is 0.0222. The molecule has 0 saturated heterocycles. The first-order valence-electron chi connectivity index (χ1n) is 33.7. The van der Waals surface area contributed by atoms with Gasteiger partial charge < -0.3 is 33.8 Å². The molecule has 0 fully saturated rings. The van der Waals surface area contributed by atoms with E-state index >= 15 is 0 Å². The predicted molar refractivity (Wildman–Crippen MR) is 335 cm³/mol. The normalized spacial score (nSPS) is 14.7. The van der Waals surface area contributed by atoms with E-state index in [9.17, 15) is 43.2 Å². The lowest BCUT2D eigenvalue weighted by Gasteiger charge is -2.21. The Morgan fingerprint density at radius 2 is 0.571 bits per heavy atom. The van der Waals surface area contributed by atoms with Crippen LogP contribution in [-0.4, -0.2) is 96.7 Å². The summed E-state index contributed by atoms with van der Waals surface area (Å²) in [6.07, 6.45) is 35.1. The Kier molecular flexibility index (Phi) is 53.9. The van der Waals surface area contributed by atoms with E-state index in [-0.39, 0.29) is 25.7 Å². The highest BCUT2D eigenvalue weighted by atomic mass is 31.2. The maximum absolute atomic E-state index is 13.0. The van der Waals surface area contributed by atoms with Gasteiger partial charge in [0.15, 0.2) is 12.2 Å². The number of aliphatic hydroxyl groups excluding tert-OH is 1. The first kappa shape index (κ1) is 82.1. The molecule has 0 aromatic rings. The number of unbranched alkanes of at least 4 members (excludes halogenated alkanes) is 27. The molecule has 0 aliphatic rings. The number of ether oxygens (including phenoxy) is 4. The molecule has 0 rings (SSSR count). The van der Waals surface area contributed by atoms with Gasteiger partial charge in [-0.2, -0.15) is 0 Å². The van der Waals surface area contributed by atoms with Crippen molar-refractivity contribution in [3.63, 3.8) is 0 Å². The van der Waals surface area contributed by atoms with Crippen LogP contribution >= 0.6 is 15.6 Å². The van der Waals surface area contributed by atoms with Crippen molar-refractivity contribution in [2.75, 3.05) is 39.6 Å². The van der Waals surface area contributed by atoms with Crippen molar-refractivity contribution in [2.45, 2.75) is 331 Å². The third-order valence-corrected chi connectivity index (χ3v) is 17.1. The topological polar surface area (TPSA) is 237 Å². The molecule has 0 aliphatic heterocycles. The summed E-state index contributed by atoms with van der Waals surface area (Å²) >= 11 is 0. The lowest BCUT2D eigenvalue weighted by Crippen LogP contribution is -2.30. The minimum atomic E-state index is -4.95. The molecule has 17 nitrogen and oxygen atoms in total. The molecule has 0 spiro atoms. The fourth-order valence-corrected chi connectivity index (χ4v) is 11.2. The SMILES string of the molecule is CCC(C)CCCCCCCCC(=O)O[C@H](COC(=O)CCCCCCCCCCC(C)C)COP(=O)(O)OCC(O)COP(=O)(O)OC[C@@H](COC(=O)CCCCCCCCCCCCCC(C)C)OC(=O)CCCCCCCCC(C)C. The van der Waals surface area contributed by atoms with Crippen molar-refractivity contribution >= 4 is 39.5 Å². The summed E-state index contributed by atoms with van der Waals surface area (Å²) < 4.78 is 68.0. The van der Waals surface area contributed by atoms with E-state index in [1.165, 1.54) is 116 Å². The number of carbonyl (C=O) groups is 4. The molecule has 3 N–H and O–H groups in total. The molecule has 4 unspecified atom stereocenters. The third kappa shape index (κ3) is 57.8. The molecule has 0 heterocycles. The van der Waals surface area contributed by atoms with Crippen LogP contribution in [-0.2, 0) is 65.4 Å². The molecular weight excluding hydrogens is 1110 g/mol. The van der Waals surface area contributed by atoms with Crippen LogP contribution in [0.1, 0.15) is 312 Å². The fourth-order valence-electron chi connectivity index (χ4n) is 9.57. The lowest BCUT2D eigenvalue weighted by molar-refractivity contribution is -0.161. The predicted octanol–water partition coefficient (Wildman–Crippen LogP) is 17.8. The number of rotatable bonds is 62. The van der Waals surface area contributed by atoms with Gasteiger partial charge in [0, 0.05) is 25.7 Å². The smallest absolute Gasteiger partial charge is 0.462 e. The van der Waals surface area contributed by atoms with Crippen molar-refractivity contribution in [3.8, 4) is 0 Å². The number of carbonyl (C=O) groups excluding carboxylic acids is 4. The standard InChI is InChI=1S/C65H126O17P2/c1-9-58(8)44-36-28-22-24-32-40-48-65(70)82-61(52-76-63(68)46-38-30-20-16-15-18-26-34-42-56(4)5)54-80-84(73,74)78-50-59(66)49-77-83(71,72)79-53-60(81-64(69)47-39-31-23-21-27-35-43-57(6)7)51-75-62(67)45-37-29-19-14-12-10-11-13-17-25-33-41-55(2)3/h55-61,66H,9-54H2,1-8H3,(H,71,72)(H,73,74)/t58?,59?,60-,61-/m1/s1. The zero-order chi connectivity index (χ0) is 62.5. The van der Waals surface area contributed by atoms with Crippen molar-refractivity contribution in [1.29, 1.82) is 0 Å². The molecule has 0 aliphatic carbocycles. The first-order chi connectivity index (χ1) is 40.1. The van der Waals surface area contributed by atoms with Gasteiger partial charge in [0.25, 0.3) is 0 Å². The van der Waals surface area contributed by atoms with Gasteiger partial charge in [0.2, 0.25) is 0 Å². The van der Waals surface area contributed by atoms with Crippen molar-refractivity contribution in [2.24, 2.45) is 23.7 Å². The summed E-state index contributed by atoms with van der Waals surface area (Å²) in [4.78, 5) is 72.2. The second-order valence-corrected chi connectivity index (χ2v) is 28.1. The molecule has 19 heteroatoms. The number of esters is 4. The van der Waals surface area contributed by atoms with Crippen LogP contribution in [0.15, 0.2) is 0 Å².